The summed E-state index contributed by atoms with van der Waals surface area (Å²) in [5.41, 5.74) is 3.62. The molecule has 0 unspecified atom stereocenters. The predicted molar refractivity (Wildman–Crippen MR) is 89.2 cm³/mol. The highest BCUT2D eigenvalue weighted by Crippen LogP contribution is 2.23. The van der Waals surface area contributed by atoms with Crippen LogP contribution in [0.2, 0.25) is 0 Å². The number of rotatable bonds is 5. The lowest BCUT2D eigenvalue weighted by molar-refractivity contribution is 0.405. The summed E-state index contributed by atoms with van der Waals surface area (Å²) in [4.78, 5) is 9.53. The number of aryl methyl sites for hydroxylation is 1. The summed E-state index contributed by atoms with van der Waals surface area (Å²) in [5, 5.41) is 0. The van der Waals surface area contributed by atoms with Crippen LogP contribution in [0.4, 0.5) is 0 Å². The topological polar surface area (TPSA) is 25.8 Å². The molecule has 0 aliphatic carbocycles. The van der Waals surface area contributed by atoms with Crippen molar-refractivity contribution in [3.05, 3.63) is 47.9 Å². The Bertz CT molecular complexity index is 568. The molecule has 0 atom stereocenters. The van der Waals surface area contributed by atoms with Crippen LogP contribution < -0.4 is 0 Å². The number of unbranched alkanes of at least 4 members (excludes halogenated alkanes) is 1. The Hall–Kier alpha value is -1.70. The molecule has 2 aromatic rings. The fraction of sp³-hybridized carbons (Fsp3) is 0.474. The van der Waals surface area contributed by atoms with Crippen molar-refractivity contribution in [3.63, 3.8) is 0 Å². The van der Waals surface area contributed by atoms with Gasteiger partial charge in [0.05, 0.1) is 5.69 Å². The number of benzene rings is 1. The second kappa shape index (κ2) is 6.84. The van der Waals surface area contributed by atoms with Gasteiger partial charge >= 0.3 is 0 Å². The van der Waals surface area contributed by atoms with Crippen molar-refractivity contribution >= 4 is 0 Å². The molecule has 0 aliphatic heterocycles. The zero-order valence-electron chi connectivity index (χ0n) is 13.7. The van der Waals surface area contributed by atoms with Gasteiger partial charge in [-0.3, -0.25) is 0 Å². The highest BCUT2D eigenvalue weighted by molar-refractivity contribution is 5.59. The maximum Gasteiger partial charge on any atom is 0.129 e. The van der Waals surface area contributed by atoms with Gasteiger partial charge in [0, 0.05) is 17.7 Å². The summed E-state index contributed by atoms with van der Waals surface area (Å²) in [6.07, 6.45) is 4.27. The van der Waals surface area contributed by atoms with E-state index in [9.17, 15) is 0 Å². The van der Waals surface area contributed by atoms with Crippen molar-refractivity contribution in [3.8, 4) is 11.3 Å². The second-order valence-electron chi connectivity index (χ2n) is 6.87. The van der Waals surface area contributed by atoms with Crippen molar-refractivity contribution in [1.29, 1.82) is 0 Å². The number of hydrogen-bond acceptors (Lipinski definition) is 2. The smallest absolute Gasteiger partial charge is 0.129 e. The van der Waals surface area contributed by atoms with E-state index >= 15 is 0 Å². The molecule has 0 radical (unpaired) electrons. The van der Waals surface area contributed by atoms with Crippen LogP contribution in [0.25, 0.3) is 11.3 Å². The zero-order chi connectivity index (χ0) is 15.3. The number of hydrogen-bond donors (Lipinski definition) is 0. The van der Waals surface area contributed by atoms with E-state index in [2.05, 4.69) is 58.0 Å². The van der Waals surface area contributed by atoms with E-state index in [4.69, 9.17) is 9.97 Å². The van der Waals surface area contributed by atoms with Crippen LogP contribution in [0.3, 0.4) is 0 Å². The van der Waals surface area contributed by atoms with Gasteiger partial charge < -0.3 is 0 Å². The molecular weight excluding hydrogens is 256 g/mol. The van der Waals surface area contributed by atoms with Crippen LogP contribution in [0.15, 0.2) is 36.4 Å². The third-order valence-electron chi connectivity index (χ3n) is 3.36. The van der Waals surface area contributed by atoms with Gasteiger partial charge in [0.15, 0.2) is 0 Å². The highest BCUT2D eigenvalue weighted by atomic mass is 14.9. The molecule has 0 spiro atoms. The van der Waals surface area contributed by atoms with E-state index in [0.29, 0.717) is 0 Å². The minimum absolute atomic E-state index is 0.240. The SMILES string of the molecule is CCCCc1nc(CC(C)(C)C)cc(-c2ccccc2)n1. The van der Waals surface area contributed by atoms with Crippen molar-refractivity contribution in [1.82, 2.24) is 9.97 Å². The minimum atomic E-state index is 0.240. The second-order valence-corrected chi connectivity index (χ2v) is 6.87. The van der Waals surface area contributed by atoms with E-state index < -0.39 is 0 Å². The summed E-state index contributed by atoms with van der Waals surface area (Å²) in [6, 6.07) is 12.5. The Morgan fingerprint density at radius 2 is 1.71 bits per heavy atom. The molecular formula is C19H26N2. The number of nitrogens with zero attached hydrogens (tertiary/aromatic N) is 2. The molecule has 0 amide bonds. The average Bonchev–Trinajstić information content (AvgIpc) is 2.44. The number of aromatic nitrogens is 2. The molecule has 21 heavy (non-hydrogen) atoms. The monoisotopic (exact) mass is 282 g/mol. The van der Waals surface area contributed by atoms with Gasteiger partial charge in [0.25, 0.3) is 0 Å². The lowest BCUT2D eigenvalue weighted by Gasteiger charge is -2.18. The molecule has 1 aromatic carbocycles. The van der Waals surface area contributed by atoms with Crippen molar-refractivity contribution in [2.75, 3.05) is 0 Å². The Morgan fingerprint density at radius 3 is 2.33 bits per heavy atom. The van der Waals surface area contributed by atoms with E-state index in [0.717, 1.165) is 36.5 Å². The molecule has 2 nitrogen and oxygen atoms in total. The Balaban J connectivity index is 2.37. The predicted octanol–water partition coefficient (Wildman–Crippen LogP) is 5.07. The van der Waals surface area contributed by atoms with Crippen LogP contribution in [0.1, 0.15) is 52.1 Å². The minimum Gasteiger partial charge on any atom is -0.238 e. The normalized spacial score (nSPS) is 11.6. The molecule has 0 bridgehead atoms. The van der Waals surface area contributed by atoms with Gasteiger partial charge in [-0.05, 0) is 24.3 Å². The molecule has 2 rings (SSSR count). The van der Waals surface area contributed by atoms with Crippen LogP contribution in [0.5, 0.6) is 0 Å². The quantitative estimate of drug-likeness (QED) is 0.764. The summed E-state index contributed by atoms with van der Waals surface area (Å²) in [6.45, 7) is 8.96. The Kier molecular flexibility index (Phi) is 5.11. The Morgan fingerprint density at radius 1 is 1.00 bits per heavy atom. The van der Waals surface area contributed by atoms with Gasteiger partial charge in [-0.1, -0.05) is 64.4 Å². The summed E-state index contributed by atoms with van der Waals surface area (Å²) >= 11 is 0. The fourth-order valence-electron chi connectivity index (χ4n) is 2.39. The maximum atomic E-state index is 4.77. The molecule has 1 aromatic heterocycles. The molecule has 2 heteroatoms. The van der Waals surface area contributed by atoms with Gasteiger partial charge in [-0.2, -0.15) is 0 Å². The fourth-order valence-corrected chi connectivity index (χ4v) is 2.39. The van der Waals surface area contributed by atoms with Gasteiger partial charge in [0.1, 0.15) is 5.82 Å². The first-order valence-corrected chi connectivity index (χ1v) is 7.90. The van der Waals surface area contributed by atoms with Gasteiger partial charge in [-0.25, -0.2) is 9.97 Å². The highest BCUT2D eigenvalue weighted by Gasteiger charge is 2.14. The van der Waals surface area contributed by atoms with Gasteiger partial charge in [0.2, 0.25) is 0 Å². The van der Waals surface area contributed by atoms with Crippen LogP contribution in [-0.2, 0) is 12.8 Å². The maximum absolute atomic E-state index is 4.77. The molecule has 0 fully saturated rings. The molecule has 0 saturated heterocycles. The molecule has 0 aliphatic rings. The largest absolute Gasteiger partial charge is 0.238 e. The summed E-state index contributed by atoms with van der Waals surface area (Å²) in [7, 11) is 0. The molecule has 0 saturated carbocycles. The van der Waals surface area contributed by atoms with Crippen LogP contribution >= 0.6 is 0 Å². The zero-order valence-corrected chi connectivity index (χ0v) is 13.7. The molecule has 1 heterocycles. The van der Waals surface area contributed by atoms with E-state index in [1.165, 1.54) is 12.0 Å². The lowest BCUT2D eigenvalue weighted by Crippen LogP contribution is -2.12. The first-order chi connectivity index (χ1) is 9.98. The van der Waals surface area contributed by atoms with Crippen molar-refractivity contribution in [2.24, 2.45) is 5.41 Å². The third-order valence-corrected chi connectivity index (χ3v) is 3.36. The standard InChI is InChI=1S/C19H26N2/c1-5-6-12-18-20-16(14-19(2,3)4)13-17(21-18)15-10-8-7-9-11-15/h7-11,13H,5-6,12,14H2,1-4H3. The van der Waals surface area contributed by atoms with Gasteiger partial charge in [-0.15, -0.1) is 0 Å². The average molecular weight is 282 g/mol. The third kappa shape index (κ3) is 4.96. The summed E-state index contributed by atoms with van der Waals surface area (Å²) in [5.74, 6) is 0.984. The first-order valence-electron chi connectivity index (χ1n) is 7.90. The first kappa shape index (κ1) is 15.7. The van der Waals surface area contributed by atoms with Crippen molar-refractivity contribution in [2.45, 2.75) is 53.4 Å². The van der Waals surface area contributed by atoms with Crippen LogP contribution in [0, 0.1) is 5.41 Å². The van der Waals surface area contributed by atoms with E-state index in [1.54, 1.807) is 0 Å². The van der Waals surface area contributed by atoms with Crippen molar-refractivity contribution < 1.29 is 0 Å². The van der Waals surface area contributed by atoms with Crippen LogP contribution in [-0.4, -0.2) is 9.97 Å². The van der Waals surface area contributed by atoms with E-state index in [1.807, 2.05) is 6.07 Å². The van der Waals surface area contributed by atoms with E-state index in [-0.39, 0.29) is 5.41 Å². The Labute approximate surface area is 128 Å². The summed E-state index contributed by atoms with van der Waals surface area (Å²) < 4.78 is 0. The molecule has 112 valence electrons. The molecule has 0 N–H and O–H groups in total. The lowest BCUT2D eigenvalue weighted by atomic mass is 9.90.